The molecule has 0 aromatic carbocycles. The van der Waals surface area contributed by atoms with E-state index in [1.807, 2.05) is 6.92 Å². The molecule has 0 saturated carbocycles. The van der Waals surface area contributed by atoms with Crippen LogP contribution in [0.15, 0.2) is 0 Å². The van der Waals surface area contributed by atoms with Crippen molar-refractivity contribution in [3.8, 4) is 0 Å². The summed E-state index contributed by atoms with van der Waals surface area (Å²) in [6, 6.07) is 0. The lowest BCUT2D eigenvalue weighted by Crippen LogP contribution is -2.47. The lowest BCUT2D eigenvalue weighted by Gasteiger charge is -2.24. The average Bonchev–Trinajstić information content (AvgIpc) is 2.77. The highest BCUT2D eigenvalue weighted by atomic mass is 16.4. The van der Waals surface area contributed by atoms with Crippen molar-refractivity contribution in [1.29, 1.82) is 0 Å². The van der Waals surface area contributed by atoms with Crippen LogP contribution in [0, 0.1) is 11.8 Å². The van der Waals surface area contributed by atoms with Gasteiger partial charge in [0.1, 0.15) is 5.54 Å². The third-order valence-electron chi connectivity index (χ3n) is 4.41. The highest BCUT2D eigenvalue weighted by Gasteiger charge is 2.32. The Morgan fingerprint density at radius 1 is 1.56 bits per heavy atom. The normalized spacial score (nSPS) is 24.4. The third-order valence-corrected chi connectivity index (χ3v) is 4.41. The third kappa shape index (κ3) is 3.95. The number of nitrogens with zero attached hydrogens (tertiary/aromatic N) is 1. The maximum atomic E-state index is 11.1. The Labute approximate surface area is 111 Å². The molecule has 1 rings (SSSR count). The molecule has 106 valence electrons. The molecule has 18 heavy (non-hydrogen) atoms. The number of hydrogen-bond acceptors (Lipinski definition) is 3. The lowest BCUT2D eigenvalue weighted by molar-refractivity contribution is -0.143. The highest BCUT2D eigenvalue weighted by molar-refractivity contribution is 5.78. The highest BCUT2D eigenvalue weighted by Crippen LogP contribution is 2.24. The summed E-state index contributed by atoms with van der Waals surface area (Å²) in [6.45, 7) is 9.70. The van der Waals surface area contributed by atoms with Crippen molar-refractivity contribution in [2.24, 2.45) is 17.6 Å². The van der Waals surface area contributed by atoms with E-state index in [9.17, 15) is 4.79 Å². The molecule has 0 aliphatic carbocycles. The van der Waals surface area contributed by atoms with E-state index in [0.717, 1.165) is 37.9 Å². The summed E-state index contributed by atoms with van der Waals surface area (Å²) in [5, 5.41) is 9.10. The Bertz CT molecular complexity index is 281. The second-order valence-electron chi connectivity index (χ2n) is 6.01. The van der Waals surface area contributed by atoms with Crippen LogP contribution in [0.3, 0.4) is 0 Å². The number of carboxylic acids is 1. The van der Waals surface area contributed by atoms with Gasteiger partial charge in [-0.1, -0.05) is 20.8 Å². The van der Waals surface area contributed by atoms with Gasteiger partial charge in [0.15, 0.2) is 0 Å². The summed E-state index contributed by atoms with van der Waals surface area (Å²) in [5.74, 6) is 0.683. The quantitative estimate of drug-likeness (QED) is 0.730. The summed E-state index contributed by atoms with van der Waals surface area (Å²) >= 11 is 0. The van der Waals surface area contributed by atoms with Crippen LogP contribution in [0.4, 0.5) is 0 Å². The second kappa shape index (κ2) is 6.53. The molecule has 0 aromatic heterocycles. The van der Waals surface area contributed by atoms with Crippen LogP contribution in [0.25, 0.3) is 0 Å². The van der Waals surface area contributed by atoms with Crippen LogP contribution in [0.5, 0.6) is 0 Å². The summed E-state index contributed by atoms with van der Waals surface area (Å²) in [7, 11) is 0. The molecule has 0 spiro atoms. The predicted octanol–water partition coefficient (Wildman–Crippen LogP) is 1.94. The van der Waals surface area contributed by atoms with Crippen LogP contribution < -0.4 is 5.73 Å². The molecule has 0 radical (unpaired) electrons. The van der Waals surface area contributed by atoms with E-state index < -0.39 is 11.5 Å². The van der Waals surface area contributed by atoms with Crippen LogP contribution in [0.1, 0.15) is 46.5 Å². The summed E-state index contributed by atoms with van der Waals surface area (Å²) < 4.78 is 0. The predicted molar refractivity (Wildman–Crippen MR) is 73.5 cm³/mol. The fourth-order valence-corrected chi connectivity index (χ4v) is 2.66. The van der Waals surface area contributed by atoms with E-state index in [1.165, 1.54) is 6.42 Å². The smallest absolute Gasteiger partial charge is 0.323 e. The summed E-state index contributed by atoms with van der Waals surface area (Å²) in [6.07, 6.45) is 3.22. The number of nitrogens with two attached hydrogens (primary N) is 1. The first-order valence-corrected chi connectivity index (χ1v) is 7.13. The Morgan fingerprint density at radius 3 is 2.67 bits per heavy atom. The maximum Gasteiger partial charge on any atom is 0.323 e. The first-order chi connectivity index (χ1) is 8.39. The Morgan fingerprint density at radius 2 is 2.22 bits per heavy atom. The molecule has 3 N–H and O–H groups in total. The number of aliphatic carboxylic acids is 1. The molecule has 2 unspecified atom stereocenters. The van der Waals surface area contributed by atoms with E-state index >= 15 is 0 Å². The molecular formula is C14H28N2O2. The van der Waals surface area contributed by atoms with E-state index in [4.69, 9.17) is 10.8 Å². The lowest BCUT2D eigenvalue weighted by atomic mass is 9.92. The van der Waals surface area contributed by atoms with E-state index in [1.54, 1.807) is 0 Å². The fourth-order valence-electron chi connectivity index (χ4n) is 2.66. The minimum absolute atomic E-state index is 0.497. The minimum atomic E-state index is -1.03. The topological polar surface area (TPSA) is 66.6 Å². The first kappa shape index (κ1) is 15.4. The van der Waals surface area contributed by atoms with Crippen molar-refractivity contribution in [3.05, 3.63) is 0 Å². The monoisotopic (exact) mass is 256 g/mol. The molecule has 1 fully saturated rings. The van der Waals surface area contributed by atoms with Crippen molar-refractivity contribution in [2.45, 2.75) is 52.0 Å². The summed E-state index contributed by atoms with van der Waals surface area (Å²) in [4.78, 5) is 13.5. The Balaban J connectivity index is 2.28. The van der Waals surface area contributed by atoms with Gasteiger partial charge < -0.3 is 15.7 Å². The fraction of sp³-hybridized carbons (Fsp3) is 0.929. The van der Waals surface area contributed by atoms with Gasteiger partial charge in [0, 0.05) is 6.54 Å². The Hall–Kier alpha value is -0.610. The van der Waals surface area contributed by atoms with Crippen molar-refractivity contribution in [2.75, 3.05) is 19.6 Å². The van der Waals surface area contributed by atoms with Gasteiger partial charge in [0.25, 0.3) is 0 Å². The molecule has 0 bridgehead atoms. The zero-order valence-corrected chi connectivity index (χ0v) is 12.0. The molecule has 1 heterocycles. The number of rotatable bonds is 7. The first-order valence-electron chi connectivity index (χ1n) is 7.13. The molecule has 4 heteroatoms. The van der Waals surface area contributed by atoms with Crippen LogP contribution in [0.2, 0.25) is 0 Å². The molecular weight excluding hydrogens is 228 g/mol. The van der Waals surface area contributed by atoms with Crippen molar-refractivity contribution in [1.82, 2.24) is 4.90 Å². The van der Waals surface area contributed by atoms with Gasteiger partial charge in [0.05, 0.1) is 0 Å². The maximum absolute atomic E-state index is 11.1. The molecule has 2 atom stereocenters. The number of carboxylic acid groups (broad SMARTS) is 1. The molecule has 0 aromatic rings. The van der Waals surface area contributed by atoms with Crippen molar-refractivity contribution in [3.63, 3.8) is 0 Å². The standard InChI is InChI=1S/C14H28N2O2/c1-4-14(15,13(17)18)7-5-8-16-9-6-12(10-16)11(2)3/h11-12H,4-10,15H2,1-3H3,(H,17,18). The molecule has 1 aliphatic heterocycles. The number of likely N-dealkylation sites (tertiary alicyclic amines) is 1. The van der Waals surface area contributed by atoms with Crippen LogP contribution >= 0.6 is 0 Å². The van der Waals surface area contributed by atoms with Gasteiger partial charge in [-0.25, -0.2) is 0 Å². The van der Waals surface area contributed by atoms with Crippen LogP contribution in [-0.4, -0.2) is 41.1 Å². The zero-order chi connectivity index (χ0) is 13.8. The van der Waals surface area contributed by atoms with Gasteiger partial charge in [-0.2, -0.15) is 0 Å². The SMILES string of the molecule is CCC(N)(CCCN1CCC(C(C)C)C1)C(=O)O. The van der Waals surface area contributed by atoms with E-state index in [2.05, 4.69) is 18.7 Å². The molecule has 1 saturated heterocycles. The van der Waals surface area contributed by atoms with E-state index in [-0.39, 0.29) is 0 Å². The van der Waals surface area contributed by atoms with Gasteiger partial charge >= 0.3 is 5.97 Å². The zero-order valence-electron chi connectivity index (χ0n) is 12.0. The van der Waals surface area contributed by atoms with Gasteiger partial charge in [-0.15, -0.1) is 0 Å². The minimum Gasteiger partial charge on any atom is -0.480 e. The summed E-state index contributed by atoms with van der Waals surface area (Å²) in [5.41, 5.74) is 4.85. The number of hydrogen-bond donors (Lipinski definition) is 2. The largest absolute Gasteiger partial charge is 0.480 e. The van der Waals surface area contributed by atoms with Gasteiger partial charge in [-0.05, 0) is 50.6 Å². The van der Waals surface area contributed by atoms with Crippen molar-refractivity contribution < 1.29 is 9.90 Å². The molecule has 1 aliphatic rings. The number of carbonyl (C=O) groups is 1. The molecule has 4 nitrogen and oxygen atoms in total. The Kier molecular flexibility index (Phi) is 5.60. The van der Waals surface area contributed by atoms with Gasteiger partial charge in [-0.3, -0.25) is 4.79 Å². The van der Waals surface area contributed by atoms with E-state index in [0.29, 0.717) is 12.8 Å². The molecule has 0 amide bonds. The second-order valence-corrected chi connectivity index (χ2v) is 6.01. The van der Waals surface area contributed by atoms with Gasteiger partial charge in [0.2, 0.25) is 0 Å². The van der Waals surface area contributed by atoms with Crippen molar-refractivity contribution >= 4 is 5.97 Å². The van der Waals surface area contributed by atoms with Crippen LogP contribution in [-0.2, 0) is 4.79 Å². The average molecular weight is 256 g/mol.